The minimum absolute atomic E-state index is 0.231. The van der Waals surface area contributed by atoms with Crippen LogP contribution in [0.3, 0.4) is 0 Å². The van der Waals surface area contributed by atoms with Gasteiger partial charge in [-0.2, -0.15) is 4.98 Å². The van der Waals surface area contributed by atoms with Gasteiger partial charge in [0.05, 0.1) is 6.20 Å². The Balaban J connectivity index is 2.08. The van der Waals surface area contributed by atoms with Crippen LogP contribution in [-0.2, 0) is 13.0 Å². The second-order valence-electron chi connectivity index (χ2n) is 4.79. The maximum absolute atomic E-state index is 13.8. The SMILES string of the molecule is CCCNc1ncc(F)c(NCc2ccccc2CC)n1. The summed E-state index contributed by atoms with van der Waals surface area (Å²) in [6.07, 6.45) is 3.11. The first-order valence-corrected chi connectivity index (χ1v) is 7.31. The van der Waals surface area contributed by atoms with Crippen LogP contribution in [0.1, 0.15) is 31.4 Å². The molecule has 1 aromatic heterocycles. The molecule has 0 fully saturated rings. The molecule has 2 N–H and O–H groups in total. The van der Waals surface area contributed by atoms with Crippen molar-refractivity contribution in [1.82, 2.24) is 9.97 Å². The van der Waals surface area contributed by atoms with Crippen molar-refractivity contribution in [3.8, 4) is 0 Å². The van der Waals surface area contributed by atoms with Gasteiger partial charge in [0.1, 0.15) is 0 Å². The number of halogens is 1. The molecule has 2 aromatic rings. The molecular weight excluding hydrogens is 267 g/mol. The van der Waals surface area contributed by atoms with E-state index in [-0.39, 0.29) is 5.82 Å². The monoisotopic (exact) mass is 288 g/mol. The van der Waals surface area contributed by atoms with Gasteiger partial charge in [-0.15, -0.1) is 0 Å². The van der Waals surface area contributed by atoms with E-state index in [1.54, 1.807) is 0 Å². The van der Waals surface area contributed by atoms with Crippen LogP contribution in [0.5, 0.6) is 0 Å². The molecule has 1 heterocycles. The third-order valence-electron chi connectivity index (χ3n) is 3.22. The zero-order valence-corrected chi connectivity index (χ0v) is 12.5. The lowest BCUT2D eigenvalue weighted by molar-refractivity contribution is 0.617. The van der Waals surface area contributed by atoms with Crippen molar-refractivity contribution in [1.29, 1.82) is 0 Å². The third-order valence-corrected chi connectivity index (χ3v) is 3.22. The molecule has 0 aliphatic heterocycles. The summed E-state index contributed by atoms with van der Waals surface area (Å²) >= 11 is 0. The Morgan fingerprint density at radius 1 is 1.10 bits per heavy atom. The van der Waals surface area contributed by atoms with E-state index >= 15 is 0 Å². The summed E-state index contributed by atoms with van der Waals surface area (Å²) in [6, 6.07) is 8.13. The van der Waals surface area contributed by atoms with Crippen LogP contribution in [0, 0.1) is 5.82 Å². The Hall–Kier alpha value is -2.17. The molecule has 2 rings (SSSR count). The topological polar surface area (TPSA) is 49.8 Å². The van der Waals surface area contributed by atoms with E-state index < -0.39 is 5.82 Å². The average Bonchev–Trinajstić information content (AvgIpc) is 2.53. The molecule has 0 radical (unpaired) electrons. The zero-order chi connectivity index (χ0) is 15.1. The molecule has 21 heavy (non-hydrogen) atoms. The summed E-state index contributed by atoms with van der Waals surface area (Å²) in [4.78, 5) is 8.10. The molecular formula is C16H21FN4. The number of rotatable bonds is 7. The van der Waals surface area contributed by atoms with E-state index in [2.05, 4.69) is 40.5 Å². The second-order valence-corrected chi connectivity index (χ2v) is 4.79. The van der Waals surface area contributed by atoms with Crippen LogP contribution in [0.25, 0.3) is 0 Å². The second kappa shape index (κ2) is 7.57. The average molecular weight is 288 g/mol. The van der Waals surface area contributed by atoms with Gasteiger partial charge in [-0.05, 0) is 24.0 Å². The van der Waals surface area contributed by atoms with Gasteiger partial charge in [0.25, 0.3) is 0 Å². The van der Waals surface area contributed by atoms with Crippen LogP contribution in [0.15, 0.2) is 30.5 Å². The van der Waals surface area contributed by atoms with Crippen LogP contribution in [0.4, 0.5) is 16.2 Å². The van der Waals surface area contributed by atoms with Crippen LogP contribution >= 0.6 is 0 Å². The highest BCUT2D eigenvalue weighted by atomic mass is 19.1. The molecule has 1 aromatic carbocycles. The zero-order valence-electron chi connectivity index (χ0n) is 12.5. The molecule has 0 amide bonds. The summed E-state index contributed by atoms with van der Waals surface area (Å²) < 4.78 is 13.8. The van der Waals surface area contributed by atoms with Crippen molar-refractivity contribution in [2.75, 3.05) is 17.2 Å². The Bertz CT molecular complexity index is 586. The molecule has 0 aliphatic carbocycles. The highest BCUT2D eigenvalue weighted by Gasteiger charge is 2.07. The van der Waals surface area contributed by atoms with Crippen LogP contribution in [-0.4, -0.2) is 16.5 Å². The lowest BCUT2D eigenvalue weighted by Gasteiger charge is -2.11. The summed E-state index contributed by atoms with van der Waals surface area (Å²) in [6.45, 7) is 5.48. The minimum atomic E-state index is -0.439. The first-order chi connectivity index (χ1) is 10.2. The summed E-state index contributed by atoms with van der Waals surface area (Å²) in [5.41, 5.74) is 2.41. The van der Waals surface area contributed by atoms with Crippen molar-refractivity contribution in [2.45, 2.75) is 33.2 Å². The predicted octanol–water partition coefficient (Wildman–Crippen LogP) is 3.61. The molecule has 0 aliphatic rings. The lowest BCUT2D eigenvalue weighted by Crippen LogP contribution is -2.10. The molecule has 5 heteroatoms. The summed E-state index contributed by atoms with van der Waals surface area (Å²) in [5.74, 6) is 0.241. The van der Waals surface area contributed by atoms with E-state index in [1.165, 1.54) is 11.8 Å². The lowest BCUT2D eigenvalue weighted by atomic mass is 10.1. The van der Waals surface area contributed by atoms with Gasteiger partial charge in [-0.1, -0.05) is 38.1 Å². The van der Waals surface area contributed by atoms with Crippen LogP contribution in [0.2, 0.25) is 0 Å². The van der Waals surface area contributed by atoms with Crippen molar-refractivity contribution in [3.05, 3.63) is 47.4 Å². The maximum Gasteiger partial charge on any atom is 0.224 e. The molecule has 0 saturated carbocycles. The first kappa shape index (κ1) is 15.2. The fourth-order valence-corrected chi connectivity index (χ4v) is 2.07. The number of benzene rings is 1. The van der Waals surface area contributed by atoms with Gasteiger partial charge in [-0.25, -0.2) is 9.37 Å². The summed E-state index contributed by atoms with van der Waals surface area (Å²) in [7, 11) is 0. The molecule has 112 valence electrons. The number of hydrogen-bond acceptors (Lipinski definition) is 4. The number of aryl methyl sites for hydroxylation is 1. The number of anilines is 2. The number of nitrogens with zero attached hydrogens (tertiary/aromatic N) is 2. The Morgan fingerprint density at radius 3 is 2.57 bits per heavy atom. The quantitative estimate of drug-likeness (QED) is 0.817. The van der Waals surface area contributed by atoms with Gasteiger partial charge >= 0.3 is 0 Å². The normalized spacial score (nSPS) is 10.4. The van der Waals surface area contributed by atoms with E-state index in [1.807, 2.05) is 18.2 Å². The standard InChI is InChI=1S/C16H21FN4/c1-3-9-18-16-20-11-14(17)15(21-16)19-10-13-8-6-5-7-12(13)4-2/h5-8,11H,3-4,9-10H2,1-2H3,(H2,18,19,20,21). The first-order valence-electron chi connectivity index (χ1n) is 7.31. The molecule has 0 unspecified atom stereocenters. The van der Waals surface area contributed by atoms with E-state index in [4.69, 9.17) is 0 Å². The van der Waals surface area contributed by atoms with E-state index in [0.29, 0.717) is 12.5 Å². The highest BCUT2D eigenvalue weighted by Crippen LogP contribution is 2.15. The minimum Gasteiger partial charge on any atom is -0.363 e. The van der Waals surface area contributed by atoms with E-state index in [0.717, 1.165) is 24.9 Å². The van der Waals surface area contributed by atoms with Gasteiger partial charge in [0.2, 0.25) is 5.95 Å². The van der Waals surface area contributed by atoms with Gasteiger partial charge in [-0.3, -0.25) is 0 Å². The largest absolute Gasteiger partial charge is 0.363 e. The maximum atomic E-state index is 13.8. The Kier molecular flexibility index (Phi) is 5.49. The number of nitrogens with one attached hydrogen (secondary N) is 2. The van der Waals surface area contributed by atoms with Crippen molar-refractivity contribution in [3.63, 3.8) is 0 Å². The number of aromatic nitrogens is 2. The molecule has 0 bridgehead atoms. The highest BCUT2D eigenvalue weighted by molar-refractivity contribution is 5.42. The third kappa shape index (κ3) is 4.15. The smallest absolute Gasteiger partial charge is 0.224 e. The predicted molar refractivity (Wildman–Crippen MR) is 83.9 cm³/mol. The van der Waals surface area contributed by atoms with Crippen molar-refractivity contribution < 1.29 is 4.39 Å². The molecule has 0 atom stereocenters. The van der Waals surface area contributed by atoms with Crippen molar-refractivity contribution in [2.24, 2.45) is 0 Å². The van der Waals surface area contributed by atoms with E-state index in [9.17, 15) is 4.39 Å². The molecule has 0 saturated heterocycles. The number of hydrogen-bond donors (Lipinski definition) is 2. The fourth-order valence-electron chi connectivity index (χ4n) is 2.07. The Morgan fingerprint density at radius 2 is 1.86 bits per heavy atom. The molecule has 0 spiro atoms. The molecule has 4 nitrogen and oxygen atoms in total. The summed E-state index contributed by atoms with van der Waals surface area (Å²) in [5, 5.41) is 6.11. The van der Waals surface area contributed by atoms with Crippen molar-refractivity contribution >= 4 is 11.8 Å². The van der Waals surface area contributed by atoms with Gasteiger partial charge in [0.15, 0.2) is 11.6 Å². The Labute approximate surface area is 124 Å². The van der Waals surface area contributed by atoms with Gasteiger partial charge in [0, 0.05) is 13.1 Å². The van der Waals surface area contributed by atoms with Crippen LogP contribution < -0.4 is 10.6 Å². The fraction of sp³-hybridized carbons (Fsp3) is 0.375. The van der Waals surface area contributed by atoms with Gasteiger partial charge < -0.3 is 10.6 Å².